The van der Waals surface area contributed by atoms with Crippen LogP contribution in [0.25, 0.3) is 11.3 Å². The molecule has 0 spiro atoms. The van der Waals surface area contributed by atoms with E-state index in [-0.39, 0.29) is 74.1 Å². The molecular formula is C47H58FN11O7S. The molecule has 2 saturated carbocycles. The van der Waals surface area contributed by atoms with Crippen molar-refractivity contribution in [3.8, 4) is 11.3 Å². The number of amides is 6. The Morgan fingerprint density at radius 1 is 0.955 bits per heavy atom. The standard InChI is InChI=1S/C47H58FN11O7S/c1-57-38(20-29-10-11-29)35(23-53-57)42-36(48)24-52-46(56-42)54-32-12-14-33(15-13-32)58(47(65)66-28-30-8-4-2-5-9-30)27-41(62)50-19-7-3-6-18-49-25-40(61)51-22-34-21-31-26-59(45(64)43(31)67-34)37-16-17-39(60)55-44(37)63/h2,4-5,8-9,21,23-24,29,32-33,37,49H,3,6-7,10-20,22,25-28H2,1H3,(H,50,62)(H,51,61)(H,52,54,56)(H,55,60,63). The molecule has 4 aliphatic rings. The number of ether oxygens (including phenoxy) is 1. The highest BCUT2D eigenvalue weighted by Crippen LogP contribution is 2.37. The Morgan fingerprint density at radius 3 is 2.51 bits per heavy atom. The third-order valence-corrected chi connectivity index (χ3v) is 14.0. The lowest BCUT2D eigenvalue weighted by Crippen LogP contribution is -2.52. The number of hydrogen-bond donors (Lipinski definition) is 5. The number of fused-ring (bicyclic) bond motifs is 1. The molecule has 1 aromatic carbocycles. The number of halogens is 1. The fraction of sp³-hybridized carbons (Fsp3) is 0.511. The van der Waals surface area contributed by atoms with Crippen LogP contribution in [0.1, 0.15) is 102 Å². The first-order chi connectivity index (χ1) is 32.5. The topological polar surface area (TPSA) is 222 Å². The number of rotatable bonds is 21. The van der Waals surface area contributed by atoms with Crippen molar-refractivity contribution in [3.63, 3.8) is 0 Å². The molecule has 1 unspecified atom stereocenters. The summed E-state index contributed by atoms with van der Waals surface area (Å²) in [7, 11) is 1.87. The summed E-state index contributed by atoms with van der Waals surface area (Å²) in [5.74, 6) is -1.03. The molecule has 0 radical (unpaired) electrons. The molecule has 5 heterocycles. The monoisotopic (exact) mass is 939 g/mol. The summed E-state index contributed by atoms with van der Waals surface area (Å²) in [4.78, 5) is 89.4. The minimum absolute atomic E-state index is 0.0160. The van der Waals surface area contributed by atoms with Crippen LogP contribution < -0.4 is 26.6 Å². The Labute approximate surface area is 392 Å². The van der Waals surface area contributed by atoms with Crippen molar-refractivity contribution in [2.24, 2.45) is 13.0 Å². The maximum absolute atomic E-state index is 15.1. The van der Waals surface area contributed by atoms with Gasteiger partial charge in [-0.05, 0) is 93.9 Å². The second-order valence-electron chi connectivity index (χ2n) is 17.8. The quantitative estimate of drug-likeness (QED) is 0.0582. The number of nitrogens with zero attached hydrogens (tertiary/aromatic N) is 6. The van der Waals surface area contributed by atoms with Crippen LogP contribution in [0.4, 0.5) is 15.1 Å². The third-order valence-electron chi connectivity index (χ3n) is 12.8. The molecule has 356 valence electrons. The van der Waals surface area contributed by atoms with Crippen LogP contribution in [-0.2, 0) is 57.1 Å². The lowest BCUT2D eigenvalue weighted by atomic mass is 9.90. The molecule has 1 saturated heterocycles. The number of aromatic nitrogens is 4. The van der Waals surface area contributed by atoms with Crippen LogP contribution in [-0.4, -0.2) is 109 Å². The zero-order valence-electron chi connectivity index (χ0n) is 37.7. The number of carbonyl (C=O) groups is 6. The van der Waals surface area contributed by atoms with E-state index < -0.39 is 23.9 Å². The molecule has 0 bridgehead atoms. The molecule has 67 heavy (non-hydrogen) atoms. The summed E-state index contributed by atoms with van der Waals surface area (Å²) >= 11 is 1.30. The summed E-state index contributed by atoms with van der Waals surface area (Å²) in [6.45, 7) is 1.70. The van der Waals surface area contributed by atoms with E-state index in [1.807, 2.05) is 43.4 Å². The van der Waals surface area contributed by atoms with Gasteiger partial charge in [-0.15, -0.1) is 11.3 Å². The second-order valence-corrected chi connectivity index (χ2v) is 19.0. The van der Waals surface area contributed by atoms with Crippen LogP contribution >= 0.6 is 11.3 Å². The minimum atomic E-state index is -0.657. The van der Waals surface area contributed by atoms with E-state index in [1.165, 1.54) is 27.3 Å². The van der Waals surface area contributed by atoms with E-state index in [9.17, 15) is 28.8 Å². The minimum Gasteiger partial charge on any atom is -0.445 e. The molecule has 20 heteroatoms. The van der Waals surface area contributed by atoms with Gasteiger partial charge in [0.25, 0.3) is 5.91 Å². The number of unbranched alkanes of at least 4 members (excludes halogenated alkanes) is 2. The summed E-state index contributed by atoms with van der Waals surface area (Å²) in [5, 5.41) is 19.1. The zero-order valence-corrected chi connectivity index (χ0v) is 38.5. The van der Waals surface area contributed by atoms with Crippen molar-refractivity contribution in [1.82, 2.24) is 50.8 Å². The molecule has 4 aromatic rings. The maximum atomic E-state index is 15.1. The van der Waals surface area contributed by atoms with Gasteiger partial charge < -0.3 is 30.9 Å². The molecule has 6 amide bonds. The number of imide groups is 1. The van der Waals surface area contributed by atoms with E-state index in [1.54, 1.807) is 10.9 Å². The van der Waals surface area contributed by atoms with E-state index in [2.05, 4.69) is 41.7 Å². The van der Waals surface area contributed by atoms with Gasteiger partial charge >= 0.3 is 6.09 Å². The van der Waals surface area contributed by atoms with Gasteiger partial charge in [-0.3, -0.25) is 38.9 Å². The highest BCUT2D eigenvalue weighted by molar-refractivity contribution is 7.14. The molecule has 2 aliphatic carbocycles. The Bertz CT molecular complexity index is 2440. The summed E-state index contributed by atoms with van der Waals surface area (Å²) in [6.07, 6.45) is 10.9. The van der Waals surface area contributed by atoms with Crippen LogP contribution in [0.3, 0.4) is 0 Å². The lowest BCUT2D eigenvalue weighted by Gasteiger charge is -2.36. The van der Waals surface area contributed by atoms with Gasteiger partial charge in [0.05, 0.1) is 30.4 Å². The van der Waals surface area contributed by atoms with Crippen LogP contribution in [0.5, 0.6) is 0 Å². The first kappa shape index (κ1) is 47.2. The number of piperidine rings is 1. The third kappa shape index (κ3) is 12.4. The molecule has 3 aromatic heterocycles. The van der Waals surface area contributed by atoms with Crippen molar-refractivity contribution in [3.05, 3.63) is 81.2 Å². The number of benzene rings is 1. The van der Waals surface area contributed by atoms with Gasteiger partial charge in [-0.2, -0.15) is 5.10 Å². The molecule has 8 rings (SSSR count). The van der Waals surface area contributed by atoms with E-state index in [4.69, 9.17) is 4.74 Å². The molecule has 5 N–H and O–H groups in total. The predicted molar refractivity (Wildman–Crippen MR) is 246 cm³/mol. The first-order valence-electron chi connectivity index (χ1n) is 23.3. The van der Waals surface area contributed by atoms with Crippen molar-refractivity contribution in [2.45, 2.75) is 115 Å². The van der Waals surface area contributed by atoms with Gasteiger partial charge in [-0.25, -0.2) is 19.2 Å². The smallest absolute Gasteiger partial charge is 0.410 e. The molecule has 1 atom stereocenters. The van der Waals surface area contributed by atoms with Crippen molar-refractivity contribution in [2.75, 3.05) is 31.5 Å². The van der Waals surface area contributed by atoms with E-state index in [0.29, 0.717) is 80.5 Å². The lowest BCUT2D eigenvalue weighted by molar-refractivity contribution is -0.137. The average molecular weight is 940 g/mol. The first-order valence-corrected chi connectivity index (χ1v) is 24.1. The molecular weight excluding hydrogens is 882 g/mol. The normalized spacial score (nSPS) is 19.2. The van der Waals surface area contributed by atoms with Crippen LogP contribution in [0.2, 0.25) is 0 Å². The number of thiophene rings is 1. The van der Waals surface area contributed by atoms with Gasteiger partial charge in [0.15, 0.2) is 5.82 Å². The van der Waals surface area contributed by atoms with Crippen molar-refractivity contribution < 1.29 is 37.9 Å². The van der Waals surface area contributed by atoms with E-state index in [0.717, 1.165) is 53.8 Å². The molecule has 18 nitrogen and oxygen atoms in total. The van der Waals surface area contributed by atoms with Crippen LogP contribution in [0, 0.1) is 11.7 Å². The summed E-state index contributed by atoms with van der Waals surface area (Å²) in [5.41, 5.74) is 3.53. The maximum Gasteiger partial charge on any atom is 0.410 e. The van der Waals surface area contributed by atoms with E-state index >= 15 is 4.39 Å². The van der Waals surface area contributed by atoms with Crippen molar-refractivity contribution in [1.29, 1.82) is 0 Å². The van der Waals surface area contributed by atoms with Gasteiger partial charge in [-0.1, -0.05) is 36.8 Å². The average Bonchev–Trinajstić information content (AvgIpc) is 3.84. The number of nitrogens with one attached hydrogen (secondary N) is 5. The van der Waals surface area contributed by atoms with Gasteiger partial charge in [0.1, 0.15) is 24.9 Å². The van der Waals surface area contributed by atoms with Gasteiger partial charge in [0, 0.05) is 54.8 Å². The highest BCUT2D eigenvalue weighted by Gasteiger charge is 2.40. The Morgan fingerprint density at radius 2 is 1.75 bits per heavy atom. The Balaban J connectivity index is 0.736. The van der Waals surface area contributed by atoms with Gasteiger partial charge in [0.2, 0.25) is 29.6 Å². The molecule has 3 fully saturated rings. The highest BCUT2D eigenvalue weighted by atomic mass is 32.1. The largest absolute Gasteiger partial charge is 0.445 e. The van der Waals surface area contributed by atoms with Crippen LogP contribution in [0.15, 0.2) is 48.8 Å². The SMILES string of the molecule is Cn1ncc(-c2nc(NC3CCC(N(CC(=O)NCCCCCNCC(=O)NCc4cc5c(s4)C(=O)N(C4CCC(=O)NC4=O)C5)C(=O)OCc4ccccc4)CC3)ncc2F)c1CC1CC1. The predicted octanol–water partition coefficient (Wildman–Crippen LogP) is 4.35. The summed E-state index contributed by atoms with van der Waals surface area (Å²) < 4.78 is 22.6. The summed E-state index contributed by atoms with van der Waals surface area (Å²) in [6, 6.07) is 10.4. The van der Waals surface area contributed by atoms with Crippen molar-refractivity contribution >= 4 is 52.9 Å². The molecule has 2 aliphatic heterocycles. The Kier molecular flexibility index (Phi) is 15.5. The second kappa shape index (κ2) is 22.0. The number of hydrogen-bond acceptors (Lipinski definition) is 13. The number of aryl methyl sites for hydroxylation is 1. The fourth-order valence-electron chi connectivity index (χ4n) is 8.91. The number of carbonyl (C=O) groups excluding carboxylic acids is 6. The Hall–Kier alpha value is -6.28. The zero-order chi connectivity index (χ0) is 46.9. The fourth-order valence-corrected chi connectivity index (χ4v) is 9.98. The number of anilines is 1.